The van der Waals surface area contributed by atoms with Crippen molar-refractivity contribution in [2.24, 2.45) is 0 Å². The molecule has 1 aliphatic heterocycles. The predicted octanol–water partition coefficient (Wildman–Crippen LogP) is 4.79. The molecule has 0 bridgehead atoms. The number of hydrogen-bond acceptors (Lipinski definition) is 1. The Hall–Kier alpha value is -2.28. The van der Waals surface area contributed by atoms with E-state index in [1.54, 1.807) is 5.56 Å². The van der Waals surface area contributed by atoms with E-state index in [-0.39, 0.29) is 0 Å². The molecule has 0 saturated carbocycles. The number of likely N-dealkylation sites (N-methyl/N-ethyl adjacent to an activating group) is 1. The average Bonchev–Trinajstić information content (AvgIpc) is 3.13. The van der Waals surface area contributed by atoms with Gasteiger partial charge in [0, 0.05) is 18.8 Å². The molecule has 5 rings (SSSR count). The van der Waals surface area contributed by atoms with Gasteiger partial charge < -0.3 is 4.90 Å². The molecule has 0 N–H and O–H groups in total. The largest absolute Gasteiger partial charge is 0.371 e. The summed E-state index contributed by atoms with van der Waals surface area (Å²) in [7, 11) is 0. The van der Waals surface area contributed by atoms with Crippen molar-refractivity contribution in [3.05, 3.63) is 65.2 Å². The lowest BCUT2D eigenvalue weighted by Crippen LogP contribution is -2.18. The number of anilines is 1. The first-order valence-electron chi connectivity index (χ1n) is 8.27. The van der Waals surface area contributed by atoms with Crippen LogP contribution in [0.15, 0.2) is 48.5 Å². The Morgan fingerprint density at radius 2 is 1.86 bits per heavy atom. The lowest BCUT2D eigenvalue weighted by atomic mass is 9.96. The maximum atomic E-state index is 2.50. The average molecular weight is 285 g/mol. The van der Waals surface area contributed by atoms with Crippen LogP contribution in [-0.2, 0) is 12.8 Å². The van der Waals surface area contributed by atoms with Crippen LogP contribution >= 0.6 is 0 Å². The highest BCUT2D eigenvalue weighted by Gasteiger charge is 2.23. The van der Waals surface area contributed by atoms with E-state index in [1.165, 1.54) is 51.7 Å². The minimum absolute atomic E-state index is 1.08. The van der Waals surface area contributed by atoms with E-state index in [1.807, 2.05) is 0 Å². The number of nitrogens with zero attached hydrogens (tertiary/aromatic N) is 1. The normalized spacial score (nSPS) is 15.0. The summed E-state index contributed by atoms with van der Waals surface area (Å²) < 4.78 is 0. The number of hydrogen-bond donors (Lipinski definition) is 0. The maximum Gasteiger partial charge on any atom is 0.0405 e. The molecule has 0 atom stereocenters. The van der Waals surface area contributed by atoms with Crippen LogP contribution in [0, 0.1) is 0 Å². The van der Waals surface area contributed by atoms with E-state index in [0.717, 1.165) is 13.0 Å². The summed E-state index contributed by atoms with van der Waals surface area (Å²) in [5, 5.41) is 2.87. The minimum atomic E-state index is 1.08. The molecule has 1 heterocycles. The van der Waals surface area contributed by atoms with Crippen LogP contribution in [0.1, 0.15) is 23.6 Å². The highest BCUT2D eigenvalue weighted by atomic mass is 15.1. The first-order chi connectivity index (χ1) is 10.8. The van der Waals surface area contributed by atoms with E-state index in [9.17, 15) is 0 Å². The van der Waals surface area contributed by atoms with Gasteiger partial charge in [-0.05, 0) is 70.5 Å². The Bertz CT molecular complexity index is 907. The van der Waals surface area contributed by atoms with Crippen LogP contribution in [0.2, 0.25) is 0 Å². The highest BCUT2D eigenvalue weighted by Crippen LogP contribution is 2.42. The Morgan fingerprint density at radius 1 is 0.955 bits per heavy atom. The maximum absolute atomic E-state index is 2.50. The molecule has 22 heavy (non-hydrogen) atoms. The zero-order valence-electron chi connectivity index (χ0n) is 12.9. The third-order valence-electron chi connectivity index (χ3n) is 5.37. The van der Waals surface area contributed by atoms with E-state index < -0.39 is 0 Å². The van der Waals surface area contributed by atoms with E-state index in [4.69, 9.17) is 0 Å². The second kappa shape index (κ2) is 4.36. The van der Waals surface area contributed by atoms with Crippen LogP contribution < -0.4 is 4.90 Å². The fraction of sp³-hybridized carbons (Fsp3) is 0.238. The Labute approximate surface area is 131 Å². The molecule has 0 radical (unpaired) electrons. The molecule has 3 aromatic carbocycles. The zero-order chi connectivity index (χ0) is 14.7. The fourth-order valence-corrected chi connectivity index (χ4v) is 4.26. The van der Waals surface area contributed by atoms with Gasteiger partial charge in [0.15, 0.2) is 0 Å². The molecule has 108 valence electrons. The third kappa shape index (κ3) is 1.54. The minimum Gasteiger partial charge on any atom is -0.371 e. The first kappa shape index (κ1) is 12.3. The number of fused-ring (bicyclic) bond motifs is 6. The Balaban J connectivity index is 1.79. The summed E-state index contributed by atoms with van der Waals surface area (Å²) in [6.45, 7) is 4.52. The number of benzene rings is 3. The molecular weight excluding hydrogens is 266 g/mol. The highest BCUT2D eigenvalue weighted by molar-refractivity contribution is 5.97. The van der Waals surface area contributed by atoms with Crippen molar-refractivity contribution < 1.29 is 0 Å². The van der Waals surface area contributed by atoms with Crippen molar-refractivity contribution >= 4 is 16.5 Å². The molecule has 0 fully saturated rings. The van der Waals surface area contributed by atoms with E-state index in [2.05, 4.69) is 60.4 Å². The van der Waals surface area contributed by atoms with Crippen molar-refractivity contribution in [1.29, 1.82) is 0 Å². The molecule has 0 aromatic heterocycles. The Morgan fingerprint density at radius 3 is 2.77 bits per heavy atom. The van der Waals surface area contributed by atoms with Crippen LogP contribution in [0.25, 0.3) is 21.9 Å². The van der Waals surface area contributed by atoms with Gasteiger partial charge in [-0.2, -0.15) is 0 Å². The molecular formula is C21H19N. The summed E-state index contributed by atoms with van der Waals surface area (Å²) in [5.41, 5.74) is 8.83. The smallest absolute Gasteiger partial charge is 0.0405 e. The van der Waals surface area contributed by atoms with E-state index in [0.29, 0.717) is 0 Å². The van der Waals surface area contributed by atoms with Crippen molar-refractivity contribution in [3.63, 3.8) is 0 Å². The molecule has 1 heteroatoms. The van der Waals surface area contributed by atoms with Crippen molar-refractivity contribution in [2.45, 2.75) is 19.8 Å². The molecule has 0 saturated heterocycles. The molecule has 2 aliphatic rings. The van der Waals surface area contributed by atoms with Gasteiger partial charge in [0.1, 0.15) is 0 Å². The molecule has 1 nitrogen and oxygen atoms in total. The van der Waals surface area contributed by atoms with E-state index >= 15 is 0 Å². The fourth-order valence-electron chi connectivity index (χ4n) is 4.26. The van der Waals surface area contributed by atoms with Gasteiger partial charge in [-0.25, -0.2) is 0 Å². The summed E-state index contributed by atoms with van der Waals surface area (Å²) in [6, 6.07) is 18.4. The van der Waals surface area contributed by atoms with Gasteiger partial charge in [0.2, 0.25) is 0 Å². The first-order valence-corrected chi connectivity index (χ1v) is 8.27. The summed E-state index contributed by atoms with van der Waals surface area (Å²) in [6.07, 6.45) is 2.26. The zero-order valence-corrected chi connectivity index (χ0v) is 12.9. The predicted molar refractivity (Wildman–Crippen MR) is 93.8 cm³/mol. The topological polar surface area (TPSA) is 3.24 Å². The van der Waals surface area contributed by atoms with Gasteiger partial charge in [-0.15, -0.1) is 0 Å². The van der Waals surface area contributed by atoms with Crippen LogP contribution in [0.3, 0.4) is 0 Å². The van der Waals surface area contributed by atoms with Crippen LogP contribution in [0.4, 0.5) is 5.69 Å². The SMILES string of the molecule is CCN1CCc2c1ccc1cc3c(cc21)-c1ccccc1C3. The summed E-state index contributed by atoms with van der Waals surface area (Å²) in [4.78, 5) is 2.50. The van der Waals surface area contributed by atoms with Gasteiger partial charge in [0.05, 0.1) is 0 Å². The third-order valence-corrected chi connectivity index (χ3v) is 5.37. The second-order valence-electron chi connectivity index (χ2n) is 6.46. The summed E-state index contributed by atoms with van der Waals surface area (Å²) >= 11 is 0. The monoisotopic (exact) mass is 285 g/mol. The molecule has 3 aromatic rings. The van der Waals surface area contributed by atoms with Gasteiger partial charge >= 0.3 is 0 Å². The second-order valence-corrected chi connectivity index (χ2v) is 6.46. The quantitative estimate of drug-likeness (QED) is 0.486. The molecule has 1 aliphatic carbocycles. The number of rotatable bonds is 1. The lowest BCUT2D eigenvalue weighted by molar-refractivity contribution is 0.869. The van der Waals surface area contributed by atoms with Crippen molar-refractivity contribution in [1.82, 2.24) is 0 Å². The van der Waals surface area contributed by atoms with Crippen LogP contribution in [-0.4, -0.2) is 13.1 Å². The van der Waals surface area contributed by atoms with Crippen LogP contribution in [0.5, 0.6) is 0 Å². The molecule has 0 unspecified atom stereocenters. The molecule has 0 amide bonds. The Kier molecular flexibility index (Phi) is 2.43. The molecule has 0 spiro atoms. The van der Waals surface area contributed by atoms with Crippen molar-refractivity contribution in [3.8, 4) is 11.1 Å². The van der Waals surface area contributed by atoms with Gasteiger partial charge in [-0.1, -0.05) is 36.4 Å². The standard InChI is InChI=1S/C21H19N/c1-2-22-10-9-18-19-13-20-16(12-15(19)7-8-21(18)22)11-14-5-3-4-6-17(14)20/h3-8,12-13H,2,9-11H2,1H3. The van der Waals surface area contributed by atoms with Crippen molar-refractivity contribution in [2.75, 3.05) is 18.0 Å². The summed E-state index contributed by atoms with van der Waals surface area (Å²) in [5.74, 6) is 0. The van der Waals surface area contributed by atoms with Gasteiger partial charge in [0.25, 0.3) is 0 Å². The van der Waals surface area contributed by atoms with Gasteiger partial charge in [-0.3, -0.25) is 0 Å². The lowest BCUT2D eigenvalue weighted by Gasteiger charge is -2.17.